The molecule has 0 aliphatic rings. The van der Waals surface area contributed by atoms with E-state index < -0.39 is 11.9 Å². The van der Waals surface area contributed by atoms with E-state index in [1.165, 1.54) is 19.2 Å². The third-order valence-corrected chi connectivity index (χ3v) is 6.96. The Morgan fingerprint density at radius 3 is 1.89 bits per heavy atom. The first-order chi connectivity index (χ1) is 21.9. The molecule has 0 heterocycles. The summed E-state index contributed by atoms with van der Waals surface area (Å²) in [5, 5.41) is 12.7. The highest BCUT2D eigenvalue weighted by Gasteiger charge is 2.17. The van der Waals surface area contributed by atoms with Crippen LogP contribution in [0.5, 0.6) is 17.2 Å². The first-order valence-electron chi connectivity index (χ1n) is 14.2. The fourth-order valence-corrected chi connectivity index (χ4v) is 4.57. The molecule has 45 heavy (non-hydrogen) atoms. The third-order valence-electron chi connectivity index (χ3n) is 6.96. The van der Waals surface area contributed by atoms with Gasteiger partial charge in [-0.05, 0) is 64.7 Å². The molecule has 0 atom stereocenters. The lowest BCUT2D eigenvalue weighted by Gasteiger charge is -2.14. The number of phenols is 1. The maximum atomic E-state index is 13.1. The van der Waals surface area contributed by atoms with Crippen molar-refractivity contribution in [3.8, 4) is 28.4 Å². The first kappa shape index (κ1) is 30.6. The number of methoxy groups -OCH3 is 1. The minimum absolute atomic E-state index is 0.0512. The Balaban J connectivity index is 1.25. The topological polar surface area (TPSA) is 111 Å². The van der Waals surface area contributed by atoms with E-state index in [0.29, 0.717) is 34.9 Å². The maximum Gasteiger partial charge on any atom is 0.341 e. The van der Waals surface area contributed by atoms with E-state index in [0.717, 1.165) is 16.7 Å². The molecule has 5 rings (SSSR count). The van der Waals surface area contributed by atoms with Crippen molar-refractivity contribution in [2.24, 2.45) is 0 Å². The second-order valence-corrected chi connectivity index (χ2v) is 10.2. The van der Waals surface area contributed by atoms with E-state index >= 15 is 0 Å². The average Bonchev–Trinajstić information content (AvgIpc) is 3.07. The molecule has 8 heteroatoms. The summed E-state index contributed by atoms with van der Waals surface area (Å²) in [4.78, 5) is 37.8. The Morgan fingerprint density at radius 2 is 1.27 bits per heavy atom. The molecule has 8 nitrogen and oxygen atoms in total. The van der Waals surface area contributed by atoms with Gasteiger partial charge < -0.3 is 24.6 Å². The summed E-state index contributed by atoms with van der Waals surface area (Å²) >= 11 is 0. The van der Waals surface area contributed by atoms with E-state index in [4.69, 9.17) is 14.2 Å². The van der Waals surface area contributed by atoms with E-state index in [1.54, 1.807) is 48.5 Å². The zero-order chi connectivity index (χ0) is 31.6. The molecule has 0 aliphatic carbocycles. The lowest BCUT2D eigenvalue weighted by Crippen LogP contribution is -2.16. The number of amides is 1. The highest BCUT2D eigenvalue weighted by molar-refractivity contribution is 6.11. The van der Waals surface area contributed by atoms with Crippen molar-refractivity contribution >= 4 is 23.3 Å². The summed E-state index contributed by atoms with van der Waals surface area (Å²) in [6.07, 6.45) is -0.370. The predicted octanol–water partition coefficient (Wildman–Crippen LogP) is 7.22. The van der Waals surface area contributed by atoms with Crippen molar-refractivity contribution in [3.63, 3.8) is 0 Å². The van der Waals surface area contributed by atoms with Crippen molar-refractivity contribution in [1.29, 1.82) is 0 Å². The average molecular weight is 602 g/mol. The molecule has 0 fully saturated rings. The second kappa shape index (κ2) is 14.5. The molecule has 0 saturated carbocycles. The lowest BCUT2D eigenvalue weighted by atomic mass is 10.0. The van der Waals surface area contributed by atoms with Crippen LogP contribution in [0.4, 0.5) is 5.69 Å². The number of ketones is 1. The van der Waals surface area contributed by atoms with Gasteiger partial charge in [-0.15, -0.1) is 0 Å². The van der Waals surface area contributed by atoms with Gasteiger partial charge in [-0.3, -0.25) is 9.59 Å². The minimum atomic E-state index is -0.646. The highest BCUT2D eigenvalue weighted by atomic mass is 16.5. The molecule has 226 valence electrons. The largest absolute Gasteiger partial charge is 0.507 e. The lowest BCUT2D eigenvalue weighted by molar-refractivity contribution is -0.115. The normalized spacial score (nSPS) is 10.5. The Kier molecular flexibility index (Phi) is 9.87. The Labute approximate surface area is 260 Å². The standard InChI is InChI=1S/C37H31NO7/c1-43-37(42)31-20-28(14-18-32(31)39)27-12-16-30(17-13-27)38-36(41)22-33(40)29-15-19-34(44-23-25-8-4-2-5-9-25)35(21-29)45-24-26-10-6-3-7-11-26/h2-21,39H,22-24H2,1H3,(H,38,41). The third kappa shape index (κ3) is 8.14. The van der Waals surface area contributed by atoms with Crippen LogP contribution in [0.15, 0.2) is 121 Å². The molecule has 2 N–H and O–H groups in total. The zero-order valence-corrected chi connectivity index (χ0v) is 24.6. The summed E-state index contributed by atoms with van der Waals surface area (Å²) in [6.45, 7) is 0.612. The van der Waals surface area contributed by atoms with Crippen LogP contribution < -0.4 is 14.8 Å². The van der Waals surface area contributed by atoms with Gasteiger partial charge >= 0.3 is 5.97 Å². The Bertz CT molecular complexity index is 1790. The summed E-state index contributed by atoms with van der Waals surface area (Å²) in [7, 11) is 1.24. The smallest absolute Gasteiger partial charge is 0.341 e. The Hall–Kier alpha value is -5.89. The van der Waals surface area contributed by atoms with Crippen LogP contribution in [0.2, 0.25) is 0 Å². The fraction of sp³-hybridized carbons (Fsp3) is 0.108. The molecule has 0 radical (unpaired) electrons. The molecule has 0 unspecified atom stereocenters. The molecule has 0 bridgehead atoms. The Morgan fingerprint density at radius 1 is 0.667 bits per heavy atom. The van der Waals surface area contributed by atoms with E-state index in [2.05, 4.69) is 5.32 Å². The van der Waals surface area contributed by atoms with Crippen LogP contribution >= 0.6 is 0 Å². The number of benzene rings is 5. The second-order valence-electron chi connectivity index (χ2n) is 10.2. The van der Waals surface area contributed by atoms with Gasteiger partial charge in [-0.25, -0.2) is 4.79 Å². The number of rotatable bonds is 12. The van der Waals surface area contributed by atoms with Gasteiger partial charge in [0.2, 0.25) is 5.91 Å². The number of hydrogen-bond acceptors (Lipinski definition) is 7. The van der Waals surface area contributed by atoms with Gasteiger partial charge in [0, 0.05) is 11.3 Å². The zero-order valence-electron chi connectivity index (χ0n) is 24.6. The molecule has 0 aliphatic heterocycles. The van der Waals surface area contributed by atoms with Gasteiger partial charge in [0.1, 0.15) is 24.5 Å². The monoisotopic (exact) mass is 601 g/mol. The number of ether oxygens (including phenoxy) is 3. The summed E-state index contributed by atoms with van der Waals surface area (Å²) in [5.74, 6) is -0.774. The molecule has 0 aromatic heterocycles. The predicted molar refractivity (Wildman–Crippen MR) is 170 cm³/mol. The molecule has 5 aromatic carbocycles. The number of nitrogens with one attached hydrogen (secondary N) is 1. The number of phenolic OH excluding ortho intramolecular Hbond substituents is 1. The first-order valence-corrected chi connectivity index (χ1v) is 14.2. The number of esters is 1. The van der Waals surface area contributed by atoms with Crippen molar-refractivity contribution < 1.29 is 33.7 Å². The van der Waals surface area contributed by atoms with Crippen LogP contribution in [0.1, 0.15) is 38.3 Å². The van der Waals surface area contributed by atoms with Crippen LogP contribution in [-0.4, -0.2) is 29.9 Å². The van der Waals surface area contributed by atoms with Gasteiger partial charge in [0.25, 0.3) is 0 Å². The van der Waals surface area contributed by atoms with Gasteiger partial charge in [-0.1, -0.05) is 78.9 Å². The SMILES string of the molecule is COC(=O)c1cc(-c2ccc(NC(=O)CC(=O)c3ccc(OCc4ccccc4)c(OCc4ccccc4)c3)cc2)ccc1O. The highest BCUT2D eigenvalue weighted by Crippen LogP contribution is 2.31. The summed E-state index contributed by atoms with van der Waals surface area (Å²) < 4.78 is 16.8. The molecule has 0 saturated heterocycles. The molecule has 0 spiro atoms. The van der Waals surface area contributed by atoms with E-state index in [1.807, 2.05) is 60.7 Å². The van der Waals surface area contributed by atoms with Crippen LogP contribution in [0, 0.1) is 0 Å². The number of hydrogen-bond donors (Lipinski definition) is 2. The fourth-order valence-electron chi connectivity index (χ4n) is 4.57. The number of anilines is 1. The number of carbonyl (C=O) groups is 3. The van der Waals surface area contributed by atoms with E-state index in [-0.39, 0.29) is 30.1 Å². The van der Waals surface area contributed by atoms with E-state index in [9.17, 15) is 19.5 Å². The molecule has 5 aromatic rings. The maximum absolute atomic E-state index is 13.1. The number of carbonyl (C=O) groups excluding carboxylic acids is 3. The van der Waals surface area contributed by atoms with Crippen molar-refractivity contribution in [2.45, 2.75) is 19.6 Å². The van der Waals surface area contributed by atoms with Crippen molar-refractivity contribution in [1.82, 2.24) is 0 Å². The van der Waals surface area contributed by atoms with Crippen LogP contribution in [-0.2, 0) is 22.7 Å². The van der Waals surface area contributed by atoms with Crippen LogP contribution in [0.25, 0.3) is 11.1 Å². The van der Waals surface area contributed by atoms with Crippen LogP contribution in [0.3, 0.4) is 0 Å². The van der Waals surface area contributed by atoms with Crippen molar-refractivity contribution in [3.05, 3.63) is 144 Å². The molecular formula is C37H31NO7. The quantitative estimate of drug-likeness (QED) is 0.0883. The number of aromatic hydroxyl groups is 1. The summed E-state index contributed by atoms with van der Waals surface area (Å²) in [6, 6.07) is 35.8. The van der Waals surface area contributed by atoms with Gasteiger partial charge in [0.15, 0.2) is 17.3 Å². The van der Waals surface area contributed by atoms with Crippen molar-refractivity contribution in [2.75, 3.05) is 12.4 Å². The minimum Gasteiger partial charge on any atom is -0.507 e. The molecule has 1 amide bonds. The van der Waals surface area contributed by atoms with Gasteiger partial charge in [-0.2, -0.15) is 0 Å². The molecular weight excluding hydrogens is 570 g/mol. The number of Topliss-reactive ketones (excluding diaryl/α,β-unsaturated/α-hetero) is 1. The van der Waals surface area contributed by atoms with Gasteiger partial charge in [0.05, 0.1) is 13.5 Å². The summed E-state index contributed by atoms with van der Waals surface area (Å²) in [5.41, 5.74) is 4.27.